The Morgan fingerprint density at radius 3 is 2.57 bits per heavy atom. The number of rotatable bonds is 7. The molecule has 0 saturated carbocycles. The van der Waals surface area contributed by atoms with Gasteiger partial charge in [0.05, 0.1) is 10.2 Å². The fourth-order valence-corrected chi connectivity index (χ4v) is 5.73. The minimum Gasteiger partial charge on any atom is -0.508 e. The van der Waals surface area contributed by atoms with Gasteiger partial charge in [0.1, 0.15) is 5.75 Å². The van der Waals surface area contributed by atoms with Crippen molar-refractivity contribution in [3.63, 3.8) is 0 Å². The summed E-state index contributed by atoms with van der Waals surface area (Å²) in [7, 11) is 0. The Labute approximate surface area is 219 Å². The summed E-state index contributed by atoms with van der Waals surface area (Å²) in [6, 6.07) is 18.9. The van der Waals surface area contributed by atoms with E-state index in [1.165, 1.54) is 5.56 Å². The highest BCUT2D eigenvalue weighted by Gasteiger charge is 2.21. The molecule has 0 aliphatic carbocycles. The van der Waals surface area contributed by atoms with E-state index in [1.807, 2.05) is 36.4 Å². The van der Waals surface area contributed by atoms with E-state index >= 15 is 0 Å². The zero-order chi connectivity index (χ0) is 25.2. The molecular weight excluding hydrogens is 488 g/mol. The molecule has 3 heterocycles. The molecule has 1 saturated heterocycles. The minimum absolute atomic E-state index is 0.0900. The van der Waals surface area contributed by atoms with Crippen LogP contribution in [0.5, 0.6) is 17.2 Å². The van der Waals surface area contributed by atoms with Crippen LogP contribution in [-0.2, 0) is 13.0 Å². The van der Waals surface area contributed by atoms with Crippen molar-refractivity contribution in [2.24, 2.45) is 0 Å². The number of nitrogens with zero attached hydrogens (tertiary/aromatic N) is 3. The highest BCUT2D eigenvalue weighted by molar-refractivity contribution is 7.22. The van der Waals surface area contributed by atoms with Crippen LogP contribution in [0.2, 0.25) is 0 Å². The second-order valence-electron chi connectivity index (χ2n) is 9.30. The maximum Gasteiger partial charge on any atom is 0.251 e. The number of phenolic OH excluding ortho intramolecular Hbond substituents is 1. The molecule has 1 amide bonds. The number of benzene rings is 3. The Balaban J connectivity index is 1.03. The number of nitrogens with one attached hydrogen (secondary N) is 1. The first-order valence-corrected chi connectivity index (χ1v) is 13.2. The average Bonchev–Trinajstić information content (AvgIpc) is 3.56. The number of amides is 1. The maximum absolute atomic E-state index is 12.7. The van der Waals surface area contributed by atoms with E-state index in [1.54, 1.807) is 23.5 Å². The summed E-state index contributed by atoms with van der Waals surface area (Å²) in [6.07, 6.45) is 0.708. The van der Waals surface area contributed by atoms with E-state index < -0.39 is 0 Å². The Morgan fingerprint density at radius 2 is 1.73 bits per heavy atom. The molecule has 2 aliphatic heterocycles. The largest absolute Gasteiger partial charge is 0.508 e. The summed E-state index contributed by atoms with van der Waals surface area (Å²) in [5.74, 6) is 1.80. The first-order chi connectivity index (χ1) is 18.1. The van der Waals surface area contributed by atoms with Crippen molar-refractivity contribution in [2.75, 3.05) is 44.4 Å². The van der Waals surface area contributed by atoms with E-state index in [2.05, 4.69) is 27.2 Å². The number of phenols is 1. The van der Waals surface area contributed by atoms with Crippen LogP contribution in [0, 0.1) is 0 Å². The van der Waals surface area contributed by atoms with Gasteiger partial charge in [-0.3, -0.25) is 9.69 Å². The van der Waals surface area contributed by atoms with Gasteiger partial charge in [-0.05, 0) is 60.0 Å². The summed E-state index contributed by atoms with van der Waals surface area (Å²) in [5, 5.41) is 13.4. The van der Waals surface area contributed by atoms with Crippen LogP contribution in [0.15, 0.2) is 60.7 Å². The van der Waals surface area contributed by atoms with Gasteiger partial charge in [0.25, 0.3) is 5.91 Å². The van der Waals surface area contributed by atoms with Crippen LogP contribution >= 0.6 is 11.3 Å². The Hall–Kier alpha value is -3.82. The molecule has 4 aromatic rings. The second kappa shape index (κ2) is 10.3. The van der Waals surface area contributed by atoms with Gasteiger partial charge in [-0.25, -0.2) is 4.98 Å². The molecule has 0 spiro atoms. The molecule has 8 nitrogen and oxygen atoms in total. The van der Waals surface area contributed by atoms with E-state index in [0.717, 1.165) is 65.1 Å². The number of carbonyl (C=O) groups is 1. The summed E-state index contributed by atoms with van der Waals surface area (Å²) in [5.41, 5.74) is 3.86. The molecule has 1 aromatic heterocycles. The Morgan fingerprint density at radius 1 is 0.946 bits per heavy atom. The van der Waals surface area contributed by atoms with Gasteiger partial charge in [-0.1, -0.05) is 29.5 Å². The lowest BCUT2D eigenvalue weighted by Gasteiger charge is -2.34. The topological polar surface area (TPSA) is 87.2 Å². The zero-order valence-electron chi connectivity index (χ0n) is 20.4. The van der Waals surface area contributed by atoms with Gasteiger partial charge in [0.15, 0.2) is 16.6 Å². The lowest BCUT2D eigenvalue weighted by Crippen LogP contribution is -2.45. The molecule has 0 bridgehead atoms. The third kappa shape index (κ3) is 5.33. The third-order valence-electron chi connectivity index (χ3n) is 6.76. The van der Waals surface area contributed by atoms with Crippen LogP contribution in [0.4, 0.5) is 5.13 Å². The molecule has 0 atom stereocenters. The van der Waals surface area contributed by atoms with Gasteiger partial charge in [0, 0.05) is 44.8 Å². The van der Waals surface area contributed by atoms with Gasteiger partial charge in [-0.15, -0.1) is 0 Å². The Bertz CT molecular complexity index is 1410. The van der Waals surface area contributed by atoms with Crippen LogP contribution in [0.3, 0.4) is 0 Å². The number of hydrogen-bond donors (Lipinski definition) is 2. The van der Waals surface area contributed by atoms with Crippen molar-refractivity contribution in [3.8, 4) is 17.2 Å². The van der Waals surface area contributed by atoms with Gasteiger partial charge in [-0.2, -0.15) is 0 Å². The molecule has 1 fully saturated rings. The minimum atomic E-state index is -0.0900. The van der Waals surface area contributed by atoms with E-state index in [-0.39, 0.29) is 11.7 Å². The summed E-state index contributed by atoms with van der Waals surface area (Å²) < 4.78 is 11.9. The molecule has 0 radical (unpaired) electrons. The van der Waals surface area contributed by atoms with Crippen molar-refractivity contribution in [2.45, 2.75) is 13.0 Å². The van der Waals surface area contributed by atoms with Crippen LogP contribution in [0.25, 0.3) is 10.2 Å². The number of thiazole rings is 1. The monoisotopic (exact) mass is 516 g/mol. The summed E-state index contributed by atoms with van der Waals surface area (Å²) >= 11 is 1.64. The molecule has 6 rings (SSSR count). The van der Waals surface area contributed by atoms with Gasteiger partial charge >= 0.3 is 0 Å². The predicted molar refractivity (Wildman–Crippen MR) is 144 cm³/mol. The van der Waals surface area contributed by atoms with Crippen LogP contribution < -0.4 is 19.7 Å². The van der Waals surface area contributed by atoms with Gasteiger partial charge in [0.2, 0.25) is 6.79 Å². The molecule has 0 unspecified atom stereocenters. The molecule has 9 heteroatoms. The van der Waals surface area contributed by atoms with Crippen molar-refractivity contribution in [3.05, 3.63) is 77.4 Å². The first-order valence-electron chi connectivity index (χ1n) is 12.4. The number of ether oxygens (including phenoxy) is 2. The summed E-state index contributed by atoms with van der Waals surface area (Å²) in [4.78, 5) is 22.3. The van der Waals surface area contributed by atoms with Crippen molar-refractivity contribution < 1.29 is 19.4 Å². The number of aromatic nitrogens is 1. The lowest BCUT2D eigenvalue weighted by atomic mass is 10.1. The summed E-state index contributed by atoms with van der Waals surface area (Å²) in [6.45, 7) is 5.45. The smallest absolute Gasteiger partial charge is 0.251 e. The lowest BCUT2D eigenvalue weighted by molar-refractivity contribution is 0.0954. The molecule has 37 heavy (non-hydrogen) atoms. The number of aromatic hydroxyl groups is 1. The van der Waals surface area contributed by atoms with Crippen LogP contribution in [-0.4, -0.2) is 60.4 Å². The van der Waals surface area contributed by atoms with Crippen molar-refractivity contribution >= 4 is 32.6 Å². The fourth-order valence-electron chi connectivity index (χ4n) is 4.67. The number of piperazine rings is 1. The number of fused-ring (bicyclic) bond motifs is 2. The molecule has 2 N–H and O–H groups in total. The normalized spacial score (nSPS) is 15.3. The number of carbonyl (C=O) groups excluding carboxylic acids is 1. The quantitative estimate of drug-likeness (QED) is 0.384. The van der Waals surface area contributed by atoms with Crippen LogP contribution in [0.1, 0.15) is 21.5 Å². The van der Waals surface area contributed by atoms with E-state index in [0.29, 0.717) is 25.3 Å². The maximum atomic E-state index is 12.7. The molecular formula is C28H28N4O4S. The second-order valence-corrected chi connectivity index (χ2v) is 10.3. The third-order valence-corrected chi connectivity index (χ3v) is 7.84. The Kier molecular flexibility index (Phi) is 6.55. The zero-order valence-corrected chi connectivity index (χ0v) is 21.2. The molecule has 2 aliphatic rings. The highest BCUT2D eigenvalue weighted by Crippen LogP contribution is 2.33. The molecule has 3 aromatic carbocycles. The average molecular weight is 517 g/mol. The standard InChI is InChI=1S/C28H28N4O4S/c33-22-5-1-19(2-6-22)9-10-29-27(34)21-4-7-23-26(16-21)37-28(30-23)32-13-11-31(12-14-32)17-20-3-8-24-25(15-20)36-18-35-24/h1-8,15-16,33H,9-14,17-18H2,(H,29,34). The predicted octanol–water partition coefficient (Wildman–Crippen LogP) is 4.03. The van der Waals surface area contributed by atoms with E-state index in [9.17, 15) is 9.90 Å². The molecule has 190 valence electrons. The number of hydrogen-bond acceptors (Lipinski definition) is 8. The van der Waals surface area contributed by atoms with E-state index in [4.69, 9.17) is 14.5 Å². The van der Waals surface area contributed by atoms with Gasteiger partial charge < -0.3 is 24.8 Å². The first kappa shape index (κ1) is 23.6. The number of anilines is 1. The highest BCUT2D eigenvalue weighted by atomic mass is 32.1. The van der Waals surface area contributed by atoms with Crippen molar-refractivity contribution in [1.82, 2.24) is 15.2 Å². The van der Waals surface area contributed by atoms with Crippen molar-refractivity contribution in [1.29, 1.82) is 0 Å². The SMILES string of the molecule is O=C(NCCc1ccc(O)cc1)c1ccc2nc(N3CCN(Cc4ccc5c(c4)OCO5)CC3)sc2c1. The fraction of sp³-hybridized carbons (Fsp3) is 0.286.